The van der Waals surface area contributed by atoms with Crippen molar-refractivity contribution in [1.82, 2.24) is 9.38 Å². The van der Waals surface area contributed by atoms with E-state index in [1.165, 1.54) is 62.4 Å². The zero-order chi connectivity index (χ0) is 23.1. The van der Waals surface area contributed by atoms with E-state index in [0.29, 0.717) is 0 Å². The van der Waals surface area contributed by atoms with Gasteiger partial charge in [-0.15, -0.1) is 0 Å². The van der Waals surface area contributed by atoms with Crippen LogP contribution >= 0.6 is 11.3 Å². The second kappa shape index (κ2) is 12.0. The first kappa shape index (κ1) is 27.4. The van der Waals surface area contributed by atoms with E-state index < -0.39 is 26.7 Å². The number of aromatic nitrogens is 2. The summed E-state index contributed by atoms with van der Waals surface area (Å²) in [5, 5.41) is 0.262. The molecule has 178 valence electrons. The number of rotatable bonds is 14. The van der Waals surface area contributed by atoms with Crippen LogP contribution in [-0.4, -0.2) is 42.7 Å². The van der Waals surface area contributed by atoms with Crippen LogP contribution in [0.15, 0.2) is 12.5 Å². The van der Waals surface area contributed by atoms with Crippen LogP contribution in [0, 0.1) is 0 Å². The predicted molar refractivity (Wildman–Crippen MR) is 144 cm³/mol. The van der Waals surface area contributed by atoms with Gasteiger partial charge in [-0.05, 0) is 0 Å². The molecule has 3 nitrogen and oxygen atoms in total. The molecule has 0 atom stereocenters. The van der Waals surface area contributed by atoms with Crippen molar-refractivity contribution in [1.29, 1.82) is 0 Å². The quantitative estimate of drug-likeness (QED) is 0.215. The molecular formula is C25H48N2OSSiSn. The molecule has 0 fully saturated rings. The first-order valence-electron chi connectivity index (χ1n) is 12.7. The number of hydrogen-bond acceptors (Lipinski definition) is 3. The van der Waals surface area contributed by atoms with E-state index in [2.05, 4.69) is 82.9 Å². The van der Waals surface area contributed by atoms with Crippen molar-refractivity contribution >= 4 is 45.8 Å². The molecule has 0 spiro atoms. The molecule has 2 heterocycles. The summed E-state index contributed by atoms with van der Waals surface area (Å²) in [5.41, 5.74) is 1.25. The summed E-state index contributed by atoms with van der Waals surface area (Å²) < 4.78 is 15.2. The number of fused-ring (bicyclic) bond motifs is 1. The molecule has 0 unspecified atom stereocenters. The standard InChI is InChI=1S/C13H21N2OSSi.3C4H9.Sn/c1-13(2,3)18(4,5)16-8-6-11-12-15(10-14-11)7-9-17-12;3*1-3-4-2;/h7,10H,6,8H2,1-5H3;3*1,3-4H2,2H3;. The van der Waals surface area contributed by atoms with Crippen molar-refractivity contribution < 1.29 is 4.43 Å². The summed E-state index contributed by atoms with van der Waals surface area (Å²) in [5.74, 6) is 0. The SMILES string of the molecule is CCC[CH2][Sn]([CH2]CCC)([CH2]CCC)[c]1cn2cnc(CCO[Si](C)(C)C(C)(C)C)c2s1. The van der Waals surface area contributed by atoms with Crippen molar-refractivity contribution in [3.05, 3.63) is 18.2 Å². The monoisotopic (exact) mass is 572 g/mol. The molecule has 0 aliphatic rings. The molecular weight excluding hydrogens is 523 g/mol. The molecule has 0 amide bonds. The van der Waals surface area contributed by atoms with Crippen LogP contribution in [0.4, 0.5) is 0 Å². The van der Waals surface area contributed by atoms with Crippen LogP contribution in [-0.2, 0) is 10.8 Å². The van der Waals surface area contributed by atoms with E-state index in [-0.39, 0.29) is 5.04 Å². The Bertz CT molecular complexity index is 771. The van der Waals surface area contributed by atoms with Crippen molar-refractivity contribution in [2.75, 3.05) is 6.61 Å². The third kappa shape index (κ3) is 7.06. The second-order valence-electron chi connectivity index (χ2n) is 10.9. The first-order chi connectivity index (χ1) is 14.6. The van der Waals surface area contributed by atoms with Gasteiger partial charge in [0.05, 0.1) is 0 Å². The van der Waals surface area contributed by atoms with Gasteiger partial charge in [0.2, 0.25) is 0 Å². The van der Waals surface area contributed by atoms with Crippen molar-refractivity contribution in [2.24, 2.45) is 0 Å². The molecule has 0 bridgehead atoms. The van der Waals surface area contributed by atoms with Gasteiger partial charge in [0, 0.05) is 0 Å². The van der Waals surface area contributed by atoms with E-state index in [1.54, 1.807) is 2.89 Å². The van der Waals surface area contributed by atoms with Crippen LogP contribution in [0.3, 0.4) is 0 Å². The molecule has 0 aromatic carbocycles. The molecule has 0 N–H and O–H groups in total. The molecule has 0 aliphatic carbocycles. The van der Waals surface area contributed by atoms with Crippen LogP contribution in [0.2, 0.25) is 31.4 Å². The number of hydrogen-bond donors (Lipinski definition) is 0. The fourth-order valence-electron chi connectivity index (χ4n) is 4.18. The van der Waals surface area contributed by atoms with Crippen LogP contribution in [0.1, 0.15) is 85.8 Å². The molecule has 0 saturated carbocycles. The second-order valence-corrected chi connectivity index (χ2v) is 31.0. The summed E-state index contributed by atoms with van der Waals surface area (Å²) in [6.45, 7) is 19.5. The van der Waals surface area contributed by atoms with Gasteiger partial charge in [0.25, 0.3) is 0 Å². The van der Waals surface area contributed by atoms with Gasteiger partial charge in [-0.3, -0.25) is 0 Å². The van der Waals surface area contributed by atoms with E-state index in [4.69, 9.17) is 9.41 Å². The van der Waals surface area contributed by atoms with Gasteiger partial charge in [-0.1, -0.05) is 0 Å². The minimum absolute atomic E-state index is 0.262. The summed E-state index contributed by atoms with van der Waals surface area (Å²) in [6, 6.07) is 0. The van der Waals surface area contributed by atoms with Gasteiger partial charge in [-0.25, -0.2) is 0 Å². The third-order valence-corrected chi connectivity index (χ3v) is 31.3. The van der Waals surface area contributed by atoms with E-state index >= 15 is 0 Å². The predicted octanol–water partition coefficient (Wildman–Crippen LogP) is 8.02. The van der Waals surface area contributed by atoms with Crippen LogP contribution < -0.4 is 2.89 Å². The summed E-state index contributed by atoms with van der Waals surface area (Å²) >= 11 is -0.261. The molecule has 0 saturated heterocycles. The zero-order valence-corrected chi connectivity index (χ0v) is 26.3. The Kier molecular flexibility index (Phi) is 10.6. The Morgan fingerprint density at radius 3 is 2.03 bits per heavy atom. The maximum atomic E-state index is 6.46. The van der Waals surface area contributed by atoms with Gasteiger partial charge < -0.3 is 0 Å². The zero-order valence-electron chi connectivity index (χ0n) is 21.6. The van der Waals surface area contributed by atoms with Gasteiger partial charge in [-0.2, -0.15) is 0 Å². The van der Waals surface area contributed by atoms with Gasteiger partial charge in [0.15, 0.2) is 0 Å². The fourth-order valence-corrected chi connectivity index (χ4v) is 25.3. The Hall–Kier alpha value is 0.146. The number of imidazole rings is 1. The Balaban J connectivity index is 2.25. The van der Waals surface area contributed by atoms with Crippen LogP contribution in [0.25, 0.3) is 4.83 Å². The normalized spacial score (nSPS) is 13.4. The molecule has 31 heavy (non-hydrogen) atoms. The molecule has 0 radical (unpaired) electrons. The third-order valence-electron chi connectivity index (χ3n) is 7.44. The van der Waals surface area contributed by atoms with E-state index in [1.807, 2.05) is 0 Å². The van der Waals surface area contributed by atoms with Crippen LogP contribution in [0.5, 0.6) is 0 Å². The Morgan fingerprint density at radius 2 is 1.55 bits per heavy atom. The van der Waals surface area contributed by atoms with Crippen molar-refractivity contribution in [3.8, 4) is 0 Å². The Morgan fingerprint density at radius 1 is 1.00 bits per heavy atom. The van der Waals surface area contributed by atoms with E-state index in [9.17, 15) is 0 Å². The summed E-state index contributed by atoms with van der Waals surface area (Å²) in [6.07, 6.45) is 13.8. The number of thiazole rings is 1. The molecule has 2 aromatic heterocycles. The minimum atomic E-state index is -2.36. The molecule has 0 aliphatic heterocycles. The van der Waals surface area contributed by atoms with E-state index in [0.717, 1.165) is 13.0 Å². The van der Waals surface area contributed by atoms with Crippen molar-refractivity contribution in [3.63, 3.8) is 0 Å². The van der Waals surface area contributed by atoms with Gasteiger partial charge in [0.1, 0.15) is 0 Å². The number of unbranched alkanes of at least 4 members (excludes halogenated alkanes) is 3. The summed E-state index contributed by atoms with van der Waals surface area (Å²) in [7, 11) is -1.70. The average Bonchev–Trinajstić information content (AvgIpc) is 3.29. The topological polar surface area (TPSA) is 26.5 Å². The molecule has 2 aromatic rings. The van der Waals surface area contributed by atoms with Gasteiger partial charge >= 0.3 is 202 Å². The fraction of sp³-hybridized carbons (Fsp3) is 0.800. The summed E-state index contributed by atoms with van der Waals surface area (Å²) in [4.78, 5) is 6.17. The number of nitrogens with zero attached hydrogens (tertiary/aromatic N) is 2. The molecule has 2 rings (SSSR count). The molecule has 6 heteroatoms. The maximum absolute atomic E-state index is 6.46. The van der Waals surface area contributed by atoms with Crippen molar-refractivity contribution in [2.45, 2.75) is 118 Å². The Labute approximate surface area is 201 Å². The average molecular weight is 572 g/mol. The first-order valence-corrected chi connectivity index (χ1v) is 23.9.